The number of hydrogen-bond donors (Lipinski definition) is 2. The first-order valence-electron chi connectivity index (χ1n) is 14.5. The van der Waals surface area contributed by atoms with E-state index >= 15 is 0 Å². The van der Waals surface area contributed by atoms with Crippen molar-refractivity contribution in [3.8, 4) is 5.75 Å². The Hall–Kier alpha value is -3.66. The van der Waals surface area contributed by atoms with Crippen LogP contribution in [0.3, 0.4) is 0 Å². The molecule has 1 fully saturated rings. The predicted octanol–water partition coefficient (Wildman–Crippen LogP) is 5.26. The number of alkyl halides is 3. The standard InChI is InChI=1S/C32H29ClF3N3O6S2/c33-23-8-5-9-26(18-23)47(43,44)38-19-27(37-46(41,42)25-16-14-24(15-17-25)45-32(34,35)36)31(40)30(20-38)39-28-10-3-1-6-21(28)12-13-22-7-2-4-11-29(22)39/h1-11,14-18,27,30-31,37,40H,12-13,19-20H2/t27-,30?,31+/m1/s1. The fourth-order valence-electron chi connectivity index (χ4n) is 6.06. The fourth-order valence-corrected chi connectivity index (χ4v) is 9.09. The van der Waals surface area contributed by atoms with Crippen molar-refractivity contribution in [2.24, 2.45) is 0 Å². The molecule has 0 saturated carbocycles. The van der Waals surface area contributed by atoms with Crippen LogP contribution < -0.4 is 14.4 Å². The van der Waals surface area contributed by atoms with Crippen LogP contribution in [0.2, 0.25) is 5.02 Å². The Morgan fingerprint density at radius 3 is 1.96 bits per heavy atom. The highest BCUT2D eigenvalue weighted by molar-refractivity contribution is 7.89. The van der Waals surface area contributed by atoms with Gasteiger partial charge in [0.1, 0.15) is 5.75 Å². The SMILES string of the molecule is O=S(=O)(N[C@@H]1CN(S(=O)(=O)c2cccc(Cl)c2)CC(N2c3ccccc3CCc3ccccc32)[C@H]1O)c1ccc(OC(F)(F)F)cc1. The van der Waals surface area contributed by atoms with E-state index < -0.39 is 61.8 Å². The average molecular weight is 708 g/mol. The molecule has 4 aromatic carbocycles. The van der Waals surface area contributed by atoms with E-state index in [2.05, 4.69) is 9.46 Å². The number of benzene rings is 4. The highest BCUT2D eigenvalue weighted by Crippen LogP contribution is 2.40. The third-order valence-corrected chi connectivity index (χ3v) is 11.8. The summed E-state index contributed by atoms with van der Waals surface area (Å²) in [6, 6.07) is 22.0. The van der Waals surface area contributed by atoms with Crippen molar-refractivity contribution < 1.29 is 39.9 Å². The number of rotatable bonds is 7. The number of aliphatic hydroxyl groups is 1. The molecule has 2 aliphatic heterocycles. The summed E-state index contributed by atoms with van der Waals surface area (Å²) in [5.41, 5.74) is 3.41. The van der Waals surface area contributed by atoms with E-state index in [9.17, 15) is 35.1 Å². The molecule has 6 rings (SSSR count). The van der Waals surface area contributed by atoms with Crippen molar-refractivity contribution >= 4 is 43.0 Å². The number of aliphatic hydroxyl groups excluding tert-OH is 1. The van der Waals surface area contributed by atoms with Gasteiger partial charge in [0, 0.05) is 29.5 Å². The minimum Gasteiger partial charge on any atom is -0.406 e. The summed E-state index contributed by atoms with van der Waals surface area (Å²) in [5, 5.41) is 12.1. The van der Waals surface area contributed by atoms with Crippen molar-refractivity contribution in [3.63, 3.8) is 0 Å². The van der Waals surface area contributed by atoms with Crippen LogP contribution in [-0.2, 0) is 32.9 Å². The van der Waals surface area contributed by atoms with Gasteiger partial charge in [0.25, 0.3) is 0 Å². The molecule has 3 atom stereocenters. The number of para-hydroxylation sites is 2. The Kier molecular flexibility index (Phi) is 9.02. The lowest BCUT2D eigenvalue weighted by Crippen LogP contribution is -2.65. The summed E-state index contributed by atoms with van der Waals surface area (Å²) in [6.45, 7) is -0.654. The number of nitrogens with one attached hydrogen (secondary N) is 1. The van der Waals surface area contributed by atoms with Crippen LogP contribution in [0.1, 0.15) is 11.1 Å². The molecule has 47 heavy (non-hydrogen) atoms. The van der Waals surface area contributed by atoms with Gasteiger partial charge in [0.15, 0.2) is 0 Å². The number of anilines is 2. The Labute approximate surface area is 275 Å². The van der Waals surface area contributed by atoms with Gasteiger partial charge in [0.2, 0.25) is 20.0 Å². The van der Waals surface area contributed by atoms with Crippen molar-refractivity contribution in [1.29, 1.82) is 0 Å². The summed E-state index contributed by atoms with van der Waals surface area (Å²) < 4.78 is 101. The maximum atomic E-state index is 14.1. The molecule has 0 amide bonds. The number of hydrogen-bond acceptors (Lipinski definition) is 7. The topological polar surface area (TPSA) is 116 Å². The summed E-state index contributed by atoms with van der Waals surface area (Å²) in [4.78, 5) is 1.35. The Balaban J connectivity index is 1.42. The Morgan fingerprint density at radius 2 is 1.38 bits per heavy atom. The van der Waals surface area contributed by atoms with Gasteiger partial charge in [-0.15, -0.1) is 13.2 Å². The van der Waals surface area contributed by atoms with Gasteiger partial charge in [0.05, 0.1) is 28.0 Å². The van der Waals surface area contributed by atoms with E-state index in [0.29, 0.717) is 12.8 Å². The molecule has 9 nitrogen and oxygen atoms in total. The number of fused-ring (bicyclic) bond motifs is 2. The predicted molar refractivity (Wildman–Crippen MR) is 170 cm³/mol. The second-order valence-corrected chi connectivity index (χ2v) is 15.3. The Morgan fingerprint density at radius 1 is 0.787 bits per heavy atom. The number of nitrogens with zero attached hydrogens (tertiary/aromatic N) is 2. The molecule has 2 N–H and O–H groups in total. The van der Waals surface area contributed by atoms with Gasteiger partial charge in [-0.05, 0) is 78.6 Å². The minimum absolute atomic E-state index is 0.112. The molecule has 4 aromatic rings. The van der Waals surface area contributed by atoms with Crippen LogP contribution in [0, 0.1) is 0 Å². The van der Waals surface area contributed by atoms with Crippen molar-refractivity contribution in [3.05, 3.63) is 113 Å². The second-order valence-electron chi connectivity index (χ2n) is 11.2. The van der Waals surface area contributed by atoms with Crippen LogP contribution >= 0.6 is 11.6 Å². The third kappa shape index (κ3) is 6.98. The molecule has 0 radical (unpaired) electrons. The molecule has 0 aromatic heterocycles. The highest BCUT2D eigenvalue weighted by atomic mass is 35.5. The molecule has 248 valence electrons. The lowest BCUT2D eigenvalue weighted by atomic mass is 9.96. The molecule has 1 saturated heterocycles. The first kappa shape index (κ1) is 33.2. The molecular weight excluding hydrogens is 679 g/mol. The van der Waals surface area contributed by atoms with Gasteiger partial charge in [-0.3, -0.25) is 0 Å². The number of piperidine rings is 1. The van der Waals surface area contributed by atoms with Gasteiger partial charge in [-0.25, -0.2) is 21.6 Å². The first-order valence-corrected chi connectivity index (χ1v) is 17.8. The second kappa shape index (κ2) is 12.7. The monoisotopic (exact) mass is 707 g/mol. The molecular formula is C32H29ClF3N3O6S2. The number of sulfonamides is 2. The maximum absolute atomic E-state index is 14.1. The van der Waals surface area contributed by atoms with Crippen LogP contribution in [0.15, 0.2) is 107 Å². The van der Waals surface area contributed by atoms with E-state index in [1.165, 1.54) is 24.3 Å². The van der Waals surface area contributed by atoms with Crippen LogP contribution in [0.5, 0.6) is 5.75 Å². The maximum Gasteiger partial charge on any atom is 0.573 e. The average Bonchev–Trinajstić information content (AvgIpc) is 3.18. The summed E-state index contributed by atoms with van der Waals surface area (Å²) in [7, 11) is -8.75. The summed E-state index contributed by atoms with van der Waals surface area (Å²) in [5.74, 6) is -0.619. The number of ether oxygens (including phenoxy) is 1. The van der Waals surface area contributed by atoms with Crippen LogP contribution in [0.25, 0.3) is 0 Å². The zero-order chi connectivity index (χ0) is 33.6. The van der Waals surface area contributed by atoms with E-state index in [0.717, 1.165) is 51.1 Å². The van der Waals surface area contributed by atoms with E-state index in [1.54, 1.807) is 0 Å². The summed E-state index contributed by atoms with van der Waals surface area (Å²) >= 11 is 6.13. The van der Waals surface area contributed by atoms with E-state index in [1.807, 2.05) is 53.4 Å². The molecule has 2 aliphatic rings. The number of halogens is 4. The smallest absolute Gasteiger partial charge is 0.406 e. The molecule has 1 unspecified atom stereocenters. The highest BCUT2D eigenvalue weighted by Gasteiger charge is 2.46. The molecule has 0 bridgehead atoms. The van der Waals surface area contributed by atoms with E-state index in [-0.39, 0.29) is 16.5 Å². The van der Waals surface area contributed by atoms with Crippen molar-refractivity contribution in [2.75, 3.05) is 18.0 Å². The lowest BCUT2D eigenvalue weighted by molar-refractivity contribution is -0.274. The first-order chi connectivity index (χ1) is 22.2. The zero-order valence-electron chi connectivity index (χ0n) is 24.5. The normalized spacial score (nSPS) is 20.6. The van der Waals surface area contributed by atoms with Crippen LogP contribution in [0.4, 0.5) is 24.5 Å². The van der Waals surface area contributed by atoms with Crippen molar-refractivity contribution in [1.82, 2.24) is 9.03 Å². The van der Waals surface area contributed by atoms with Gasteiger partial charge < -0.3 is 14.7 Å². The zero-order valence-corrected chi connectivity index (χ0v) is 26.9. The molecule has 0 aliphatic carbocycles. The molecule has 0 spiro atoms. The molecule has 2 heterocycles. The van der Waals surface area contributed by atoms with Gasteiger partial charge >= 0.3 is 6.36 Å². The Bertz CT molecular complexity index is 1950. The van der Waals surface area contributed by atoms with E-state index in [4.69, 9.17) is 11.6 Å². The lowest BCUT2D eigenvalue weighted by Gasteiger charge is -2.46. The fraction of sp³-hybridized carbons (Fsp3) is 0.250. The van der Waals surface area contributed by atoms with Crippen molar-refractivity contribution in [2.45, 2.75) is 47.2 Å². The molecule has 15 heteroatoms. The largest absolute Gasteiger partial charge is 0.573 e. The number of aryl methyl sites for hydroxylation is 2. The van der Waals surface area contributed by atoms with Crippen LogP contribution in [-0.4, -0.2) is 63.9 Å². The quantitative estimate of drug-likeness (QED) is 0.270. The summed E-state index contributed by atoms with van der Waals surface area (Å²) in [6.07, 6.45) is -5.05. The van der Waals surface area contributed by atoms with Gasteiger partial charge in [-0.1, -0.05) is 54.1 Å². The minimum atomic E-state index is -4.97. The third-order valence-electron chi connectivity index (χ3n) is 8.20. The van der Waals surface area contributed by atoms with Gasteiger partial charge in [-0.2, -0.15) is 4.31 Å².